The van der Waals surface area contributed by atoms with Gasteiger partial charge in [-0.3, -0.25) is 9.89 Å². The molecule has 23 heavy (non-hydrogen) atoms. The number of amides is 1. The van der Waals surface area contributed by atoms with Gasteiger partial charge in [-0.2, -0.15) is 5.10 Å². The molecule has 1 aliphatic heterocycles. The lowest BCUT2D eigenvalue weighted by Gasteiger charge is -2.19. The van der Waals surface area contributed by atoms with Gasteiger partial charge in [-0.15, -0.1) is 0 Å². The standard InChI is InChI=1S/C17H15ClN4O/c1-22(13-3-2-10-7-19-8-11(10)4-13)17(23)14-5-12(18)6-16-15(14)9-20-21-16/h2-6,9,19H,7-8H2,1H3,(H,20,21). The summed E-state index contributed by atoms with van der Waals surface area (Å²) in [6.07, 6.45) is 1.65. The fraction of sp³-hybridized carbons (Fsp3) is 0.176. The Hall–Kier alpha value is -2.37. The second-order valence-electron chi connectivity index (χ2n) is 5.71. The number of benzene rings is 2. The average Bonchev–Trinajstić information content (AvgIpc) is 3.20. The summed E-state index contributed by atoms with van der Waals surface area (Å²) in [4.78, 5) is 14.6. The number of carbonyl (C=O) groups excluding carboxylic acids is 1. The molecule has 0 spiro atoms. The average molecular weight is 327 g/mol. The maximum absolute atomic E-state index is 12.9. The van der Waals surface area contributed by atoms with Gasteiger partial charge in [-0.25, -0.2) is 0 Å². The summed E-state index contributed by atoms with van der Waals surface area (Å²) in [5.41, 5.74) is 4.69. The number of fused-ring (bicyclic) bond motifs is 2. The van der Waals surface area contributed by atoms with Crippen LogP contribution in [0.5, 0.6) is 0 Å². The van der Waals surface area contributed by atoms with Crippen LogP contribution in [0.4, 0.5) is 5.69 Å². The van der Waals surface area contributed by atoms with Crippen molar-refractivity contribution >= 4 is 34.1 Å². The Morgan fingerprint density at radius 2 is 2.04 bits per heavy atom. The van der Waals surface area contributed by atoms with Gasteiger partial charge in [0.15, 0.2) is 0 Å². The highest BCUT2D eigenvalue weighted by Gasteiger charge is 2.19. The van der Waals surface area contributed by atoms with Gasteiger partial charge < -0.3 is 10.2 Å². The number of hydrogen-bond acceptors (Lipinski definition) is 3. The number of aromatic amines is 1. The molecule has 2 aromatic carbocycles. The van der Waals surface area contributed by atoms with E-state index in [-0.39, 0.29) is 5.91 Å². The minimum Gasteiger partial charge on any atom is -0.311 e. The molecule has 0 bridgehead atoms. The number of anilines is 1. The van der Waals surface area contributed by atoms with Crippen LogP contribution in [0, 0.1) is 0 Å². The SMILES string of the molecule is CN(C(=O)c1cc(Cl)cc2[nH]ncc12)c1ccc2c(c1)CNC2. The summed E-state index contributed by atoms with van der Waals surface area (Å²) in [5.74, 6) is -0.107. The maximum atomic E-state index is 12.9. The first-order chi connectivity index (χ1) is 11.1. The monoisotopic (exact) mass is 326 g/mol. The molecule has 2 heterocycles. The van der Waals surface area contributed by atoms with Gasteiger partial charge in [0, 0.05) is 36.2 Å². The largest absolute Gasteiger partial charge is 0.311 e. The van der Waals surface area contributed by atoms with E-state index in [0.29, 0.717) is 10.6 Å². The van der Waals surface area contributed by atoms with Crippen molar-refractivity contribution in [1.82, 2.24) is 15.5 Å². The molecule has 6 heteroatoms. The Labute approximate surface area is 138 Å². The summed E-state index contributed by atoms with van der Waals surface area (Å²) in [5, 5.41) is 11.4. The molecular formula is C17H15ClN4O. The zero-order chi connectivity index (χ0) is 16.0. The lowest BCUT2D eigenvalue weighted by Crippen LogP contribution is -2.26. The molecule has 1 aromatic heterocycles. The molecule has 0 unspecified atom stereocenters. The van der Waals surface area contributed by atoms with Gasteiger partial charge in [0.1, 0.15) is 0 Å². The van der Waals surface area contributed by atoms with Crippen molar-refractivity contribution < 1.29 is 4.79 Å². The fourth-order valence-corrected chi connectivity index (χ4v) is 3.20. The van der Waals surface area contributed by atoms with Crippen LogP contribution in [0.1, 0.15) is 21.5 Å². The zero-order valence-corrected chi connectivity index (χ0v) is 13.3. The molecule has 1 aliphatic rings. The van der Waals surface area contributed by atoms with Crippen LogP contribution in [0.15, 0.2) is 36.5 Å². The Kier molecular flexibility index (Phi) is 3.32. The van der Waals surface area contributed by atoms with Gasteiger partial charge in [0.05, 0.1) is 17.3 Å². The van der Waals surface area contributed by atoms with E-state index >= 15 is 0 Å². The molecule has 0 saturated heterocycles. The van der Waals surface area contributed by atoms with E-state index in [4.69, 9.17) is 11.6 Å². The zero-order valence-electron chi connectivity index (χ0n) is 12.6. The highest BCUT2D eigenvalue weighted by molar-refractivity contribution is 6.32. The van der Waals surface area contributed by atoms with E-state index in [2.05, 4.69) is 27.6 Å². The van der Waals surface area contributed by atoms with E-state index in [0.717, 1.165) is 29.7 Å². The third-order valence-electron chi connectivity index (χ3n) is 4.27. The van der Waals surface area contributed by atoms with Crippen LogP contribution in [0.25, 0.3) is 10.9 Å². The van der Waals surface area contributed by atoms with Crippen molar-refractivity contribution in [2.75, 3.05) is 11.9 Å². The van der Waals surface area contributed by atoms with Crippen LogP contribution in [0.2, 0.25) is 5.02 Å². The van der Waals surface area contributed by atoms with Gasteiger partial charge in [0.2, 0.25) is 0 Å². The highest BCUT2D eigenvalue weighted by Crippen LogP contribution is 2.27. The highest BCUT2D eigenvalue weighted by atomic mass is 35.5. The molecule has 0 atom stereocenters. The number of aromatic nitrogens is 2. The fourth-order valence-electron chi connectivity index (χ4n) is 2.98. The lowest BCUT2D eigenvalue weighted by atomic mass is 10.1. The molecular weight excluding hydrogens is 312 g/mol. The van der Waals surface area contributed by atoms with Crippen molar-refractivity contribution in [3.05, 3.63) is 58.2 Å². The van der Waals surface area contributed by atoms with E-state index in [1.54, 1.807) is 30.3 Å². The second-order valence-corrected chi connectivity index (χ2v) is 6.14. The lowest BCUT2D eigenvalue weighted by molar-refractivity contribution is 0.0994. The number of hydrogen-bond donors (Lipinski definition) is 2. The normalized spacial score (nSPS) is 13.3. The Balaban J connectivity index is 1.74. The van der Waals surface area contributed by atoms with Crippen molar-refractivity contribution in [3.63, 3.8) is 0 Å². The van der Waals surface area contributed by atoms with E-state index in [9.17, 15) is 4.79 Å². The van der Waals surface area contributed by atoms with Gasteiger partial charge >= 0.3 is 0 Å². The second kappa shape index (κ2) is 5.37. The number of H-pyrrole nitrogens is 1. The van der Waals surface area contributed by atoms with Crippen molar-refractivity contribution in [3.8, 4) is 0 Å². The predicted molar refractivity (Wildman–Crippen MR) is 90.8 cm³/mol. The van der Waals surface area contributed by atoms with E-state index < -0.39 is 0 Å². The third-order valence-corrected chi connectivity index (χ3v) is 4.48. The minimum absolute atomic E-state index is 0.107. The summed E-state index contributed by atoms with van der Waals surface area (Å²) in [7, 11) is 1.78. The number of nitrogens with one attached hydrogen (secondary N) is 2. The third kappa shape index (κ3) is 2.38. The first-order valence-electron chi connectivity index (χ1n) is 7.36. The smallest absolute Gasteiger partial charge is 0.258 e. The molecule has 1 amide bonds. The Bertz CT molecular complexity index is 918. The molecule has 0 saturated carbocycles. The Morgan fingerprint density at radius 1 is 1.22 bits per heavy atom. The minimum atomic E-state index is -0.107. The summed E-state index contributed by atoms with van der Waals surface area (Å²) >= 11 is 6.13. The number of rotatable bonds is 2. The van der Waals surface area contributed by atoms with Gasteiger partial charge in [0.25, 0.3) is 5.91 Å². The summed E-state index contributed by atoms with van der Waals surface area (Å²) < 4.78 is 0. The first kappa shape index (κ1) is 14.2. The van der Waals surface area contributed by atoms with Gasteiger partial charge in [-0.1, -0.05) is 17.7 Å². The molecule has 5 nitrogen and oxygen atoms in total. The molecule has 4 rings (SSSR count). The molecule has 3 aromatic rings. The van der Waals surface area contributed by atoms with Crippen LogP contribution in [0.3, 0.4) is 0 Å². The molecule has 2 N–H and O–H groups in total. The van der Waals surface area contributed by atoms with Crippen LogP contribution in [-0.2, 0) is 13.1 Å². The molecule has 0 aliphatic carbocycles. The number of halogens is 1. The van der Waals surface area contributed by atoms with Crippen molar-refractivity contribution in [2.45, 2.75) is 13.1 Å². The number of nitrogens with zero attached hydrogens (tertiary/aromatic N) is 2. The topological polar surface area (TPSA) is 61.0 Å². The van der Waals surface area contributed by atoms with Crippen molar-refractivity contribution in [2.24, 2.45) is 0 Å². The van der Waals surface area contributed by atoms with Crippen LogP contribution < -0.4 is 10.2 Å². The van der Waals surface area contributed by atoms with Crippen LogP contribution >= 0.6 is 11.6 Å². The number of carbonyl (C=O) groups is 1. The first-order valence-corrected chi connectivity index (χ1v) is 7.74. The van der Waals surface area contributed by atoms with E-state index in [1.165, 1.54) is 11.1 Å². The molecule has 0 radical (unpaired) electrons. The van der Waals surface area contributed by atoms with E-state index in [1.807, 2.05) is 6.07 Å². The Morgan fingerprint density at radius 3 is 2.91 bits per heavy atom. The van der Waals surface area contributed by atoms with Crippen molar-refractivity contribution in [1.29, 1.82) is 0 Å². The quantitative estimate of drug-likeness (QED) is 0.760. The summed E-state index contributed by atoms with van der Waals surface area (Å²) in [6, 6.07) is 9.56. The predicted octanol–water partition coefficient (Wildman–Crippen LogP) is 3.10. The van der Waals surface area contributed by atoms with Gasteiger partial charge in [-0.05, 0) is 35.4 Å². The van der Waals surface area contributed by atoms with Crippen LogP contribution in [-0.4, -0.2) is 23.2 Å². The molecule has 0 fully saturated rings. The molecule has 116 valence electrons. The summed E-state index contributed by atoms with van der Waals surface area (Å²) in [6.45, 7) is 1.73. The maximum Gasteiger partial charge on any atom is 0.258 e.